The summed E-state index contributed by atoms with van der Waals surface area (Å²) in [5.41, 5.74) is 1.76. The maximum atomic E-state index is 12.3. The molecule has 7 heteroatoms. The highest BCUT2D eigenvalue weighted by Crippen LogP contribution is 2.24. The normalized spacial score (nSPS) is 14.5. The van der Waals surface area contributed by atoms with Crippen LogP contribution in [-0.4, -0.2) is 53.9 Å². The Labute approximate surface area is 177 Å². The van der Waals surface area contributed by atoms with E-state index in [9.17, 15) is 14.4 Å². The first-order chi connectivity index (χ1) is 13.9. The van der Waals surface area contributed by atoms with Gasteiger partial charge in [0.1, 0.15) is 0 Å². The number of rotatable bonds is 9. The number of nitrogens with zero attached hydrogens (tertiary/aromatic N) is 1. The van der Waals surface area contributed by atoms with E-state index in [2.05, 4.69) is 19.2 Å². The smallest absolute Gasteiger partial charge is 0.316 e. The minimum atomic E-state index is -0.490. The van der Waals surface area contributed by atoms with Crippen molar-refractivity contribution in [2.24, 2.45) is 0 Å². The number of para-hydroxylation sites is 1. The van der Waals surface area contributed by atoms with E-state index in [1.165, 1.54) is 31.0 Å². The van der Waals surface area contributed by atoms with Gasteiger partial charge >= 0.3 is 5.97 Å². The van der Waals surface area contributed by atoms with Gasteiger partial charge in [-0.3, -0.25) is 14.4 Å². The van der Waals surface area contributed by atoms with Crippen molar-refractivity contribution in [3.8, 4) is 0 Å². The number of benzene rings is 1. The lowest BCUT2D eigenvalue weighted by Crippen LogP contribution is -2.39. The maximum Gasteiger partial charge on any atom is 0.316 e. The number of carbonyl (C=O) groups is 3. The van der Waals surface area contributed by atoms with Gasteiger partial charge in [0.25, 0.3) is 5.91 Å². The van der Waals surface area contributed by atoms with E-state index in [4.69, 9.17) is 4.74 Å². The molecule has 0 bridgehead atoms. The minimum Gasteiger partial charge on any atom is -0.455 e. The van der Waals surface area contributed by atoms with Crippen molar-refractivity contribution in [1.82, 2.24) is 4.90 Å². The van der Waals surface area contributed by atoms with Crippen LogP contribution >= 0.6 is 11.8 Å². The number of nitrogens with one attached hydrogen (secondary N) is 1. The number of carbonyl (C=O) groups excluding carboxylic acids is 3. The Morgan fingerprint density at radius 2 is 1.83 bits per heavy atom. The third-order valence-electron chi connectivity index (χ3n) is 5.18. The predicted octanol–water partition coefficient (Wildman–Crippen LogP) is 3.82. The summed E-state index contributed by atoms with van der Waals surface area (Å²) in [6, 6.07) is 7.89. The Balaban J connectivity index is 1.66. The molecule has 1 aliphatic rings. The van der Waals surface area contributed by atoms with Crippen LogP contribution in [0.25, 0.3) is 0 Å². The zero-order valence-corrected chi connectivity index (χ0v) is 18.4. The molecule has 1 aromatic carbocycles. The van der Waals surface area contributed by atoms with Crippen molar-refractivity contribution in [1.29, 1.82) is 0 Å². The second kappa shape index (κ2) is 11.9. The second-order valence-corrected chi connectivity index (χ2v) is 8.73. The van der Waals surface area contributed by atoms with Crippen LogP contribution in [0.3, 0.4) is 0 Å². The molecule has 0 heterocycles. The van der Waals surface area contributed by atoms with Crippen molar-refractivity contribution >= 4 is 35.2 Å². The van der Waals surface area contributed by atoms with E-state index in [-0.39, 0.29) is 35.8 Å². The van der Waals surface area contributed by atoms with Gasteiger partial charge in [-0.05, 0) is 30.4 Å². The fourth-order valence-electron chi connectivity index (χ4n) is 3.48. The average Bonchev–Trinajstić information content (AvgIpc) is 2.72. The summed E-state index contributed by atoms with van der Waals surface area (Å²) in [5, 5.41) is 2.79. The SMILES string of the molecule is CC(C)c1ccccc1NC(=O)COC(=O)CSCC(=O)N(C)C1CCCCC1. The number of hydrogen-bond acceptors (Lipinski definition) is 5. The van der Waals surface area contributed by atoms with Crippen LogP contribution in [0.15, 0.2) is 24.3 Å². The van der Waals surface area contributed by atoms with Gasteiger partial charge in [0.2, 0.25) is 5.91 Å². The molecule has 2 amide bonds. The van der Waals surface area contributed by atoms with Gasteiger partial charge in [-0.25, -0.2) is 0 Å². The number of esters is 1. The average molecular weight is 421 g/mol. The van der Waals surface area contributed by atoms with Crippen LogP contribution in [0.2, 0.25) is 0 Å². The second-order valence-electron chi connectivity index (χ2n) is 7.74. The molecule has 1 N–H and O–H groups in total. The Hall–Kier alpha value is -2.02. The third kappa shape index (κ3) is 7.72. The molecular formula is C22H32N2O4S. The monoisotopic (exact) mass is 420 g/mol. The Kier molecular flexibility index (Phi) is 9.51. The Morgan fingerprint density at radius 3 is 2.52 bits per heavy atom. The minimum absolute atomic E-state index is 0.0396. The molecule has 1 saturated carbocycles. The van der Waals surface area contributed by atoms with Gasteiger partial charge in [0.15, 0.2) is 6.61 Å². The first-order valence-electron chi connectivity index (χ1n) is 10.3. The number of thioether (sulfide) groups is 1. The predicted molar refractivity (Wildman–Crippen MR) is 117 cm³/mol. The van der Waals surface area contributed by atoms with Gasteiger partial charge in [-0.2, -0.15) is 0 Å². The number of hydrogen-bond donors (Lipinski definition) is 1. The van der Waals surface area contributed by atoms with E-state index >= 15 is 0 Å². The van der Waals surface area contributed by atoms with E-state index in [1.807, 2.05) is 36.2 Å². The zero-order valence-electron chi connectivity index (χ0n) is 17.6. The summed E-state index contributed by atoms with van der Waals surface area (Å²) in [4.78, 5) is 38.0. The van der Waals surface area contributed by atoms with Gasteiger partial charge in [0.05, 0.1) is 11.5 Å². The van der Waals surface area contributed by atoms with E-state index in [0.29, 0.717) is 6.04 Å². The molecule has 0 saturated heterocycles. The lowest BCUT2D eigenvalue weighted by molar-refractivity contribution is -0.144. The fourth-order valence-corrected chi connectivity index (χ4v) is 4.21. The molecule has 160 valence electrons. The molecule has 0 aliphatic heterocycles. The van der Waals surface area contributed by atoms with Crippen molar-refractivity contribution in [3.05, 3.63) is 29.8 Å². The highest BCUT2D eigenvalue weighted by Gasteiger charge is 2.22. The molecule has 0 unspecified atom stereocenters. The number of ether oxygens (including phenoxy) is 1. The Bertz CT molecular complexity index is 702. The molecule has 6 nitrogen and oxygen atoms in total. The van der Waals surface area contributed by atoms with Gasteiger partial charge in [0, 0.05) is 18.8 Å². The molecule has 1 aliphatic carbocycles. The van der Waals surface area contributed by atoms with Crippen LogP contribution in [0.1, 0.15) is 57.4 Å². The summed E-state index contributed by atoms with van der Waals surface area (Å²) in [6.45, 7) is 3.77. The van der Waals surface area contributed by atoms with Gasteiger partial charge < -0.3 is 15.0 Å². The first kappa shape index (κ1) is 23.3. The summed E-state index contributed by atoms with van der Waals surface area (Å²) in [5.74, 6) is -0.247. The highest BCUT2D eigenvalue weighted by atomic mass is 32.2. The molecule has 1 aromatic rings. The maximum absolute atomic E-state index is 12.3. The molecule has 0 atom stereocenters. The highest BCUT2D eigenvalue weighted by molar-refractivity contribution is 8.00. The van der Waals surface area contributed by atoms with Crippen molar-refractivity contribution in [3.63, 3.8) is 0 Å². The fraction of sp³-hybridized carbons (Fsp3) is 0.591. The molecular weight excluding hydrogens is 388 g/mol. The van der Waals surface area contributed by atoms with Crippen molar-refractivity contribution in [2.75, 3.05) is 30.5 Å². The summed E-state index contributed by atoms with van der Waals surface area (Å²) >= 11 is 1.23. The van der Waals surface area contributed by atoms with Gasteiger partial charge in [-0.15, -0.1) is 11.8 Å². The largest absolute Gasteiger partial charge is 0.455 e. The van der Waals surface area contributed by atoms with E-state index in [0.717, 1.165) is 24.1 Å². The van der Waals surface area contributed by atoms with E-state index < -0.39 is 5.97 Å². The molecule has 0 spiro atoms. The van der Waals surface area contributed by atoms with Crippen LogP contribution in [0, 0.1) is 0 Å². The van der Waals surface area contributed by atoms with Gasteiger partial charge in [-0.1, -0.05) is 51.3 Å². The molecule has 0 aromatic heterocycles. The standard InChI is InChI=1S/C22H32N2O4S/c1-16(2)18-11-7-8-12-19(18)23-20(25)13-28-22(27)15-29-14-21(26)24(3)17-9-5-4-6-10-17/h7-8,11-12,16-17H,4-6,9-10,13-15H2,1-3H3,(H,23,25). The quantitative estimate of drug-likeness (QED) is 0.615. The third-order valence-corrected chi connectivity index (χ3v) is 6.07. The van der Waals surface area contributed by atoms with Crippen molar-refractivity contribution in [2.45, 2.75) is 57.9 Å². The summed E-state index contributed by atoms with van der Waals surface area (Å²) < 4.78 is 5.04. The lowest BCUT2D eigenvalue weighted by Gasteiger charge is -2.31. The van der Waals surface area contributed by atoms with Crippen LogP contribution in [-0.2, 0) is 19.1 Å². The van der Waals surface area contributed by atoms with Crippen LogP contribution < -0.4 is 5.32 Å². The van der Waals surface area contributed by atoms with Crippen LogP contribution in [0.5, 0.6) is 0 Å². The van der Waals surface area contributed by atoms with Crippen LogP contribution in [0.4, 0.5) is 5.69 Å². The zero-order chi connectivity index (χ0) is 21.2. The number of anilines is 1. The van der Waals surface area contributed by atoms with Crippen molar-refractivity contribution < 1.29 is 19.1 Å². The molecule has 2 rings (SSSR count). The summed E-state index contributed by atoms with van der Waals surface area (Å²) in [7, 11) is 1.84. The lowest BCUT2D eigenvalue weighted by atomic mass is 9.94. The first-order valence-corrected chi connectivity index (χ1v) is 11.4. The number of amides is 2. The molecule has 1 fully saturated rings. The summed E-state index contributed by atoms with van der Waals surface area (Å²) in [6.07, 6.45) is 5.71. The van der Waals surface area contributed by atoms with E-state index in [1.54, 1.807) is 0 Å². The molecule has 29 heavy (non-hydrogen) atoms. The molecule has 0 radical (unpaired) electrons. The Morgan fingerprint density at radius 1 is 1.14 bits per heavy atom. The topological polar surface area (TPSA) is 75.7 Å².